The van der Waals surface area contributed by atoms with Crippen LogP contribution in [0, 0.1) is 5.92 Å². The smallest absolute Gasteiger partial charge is 0.242 e. The van der Waals surface area contributed by atoms with E-state index in [1.54, 1.807) is 7.05 Å². The molecule has 0 bridgehead atoms. The third-order valence-electron chi connectivity index (χ3n) is 2.65. The molecule has 0 aromatic rings. The Morgan fingerprint density at radius 3 is 2.40 bits per heavy atom. The molecule has 1 saturated heterocycles. The zero-order valence-electron chi connectivity index (χ0n) is 9.43. The summed E-state index contributed by atoms with van der Waals surface area (Å²) in [7, 11) is 1.61. The number of likely N-dealkylation sites (N-methyl/N-ethyl adjacent to an activating group) is 1. The zero-order valence-corrected chi connectivity index (χ0v) is 9.43. The number of rotatable bonds is 3. The summed E-state index contributed by atoms with van der Waals surface area (Å²) in [5, 5.41) is 9.63. The van der Waals surface area contributed by atoms with Crippen LogP contribution in [0.15, 0.2) is 0 Å². The number of hydrogen-bond acceptors (Lipinski definition) is 3. The van der Waals surface area contributed by atoms with Crippen LogP contribution in [0.25, 0.3) is 0 Å². The first-order valence-corrected chi connectivity index (χ1v) is 5.11. The van der Waals surface area contributed by atoms with Gasteiger partial charge in [0.1, 0.15) is 0 Å². The van der Waals surface area contributed by atoms with E-state index in [-0.39, 0.29) is 37.4 Å². The summed E-state index contributed by atoms with van der Waals surface area (Å²) < 4.78 is 0. The Morgan fingerprint density at radius 1 is 1.27 bits per heavy atom. The van der Waals surface area contributed by atoms with Gasteiger partial charge in [-0.15, -0.1) is 0 Å². The summed E-state index contributed by atoms with van der Waals surface area (Å²) in [5.41, 5.74) is 0. The third kappa shape index (κ3) is 2.92. The van der Waals surface area contributed by atoms with Crippen molar-refractivity contribution < 1.29 is 14.7 Å². The Kier molecular flexibility index (Phi) is 3.68. The fourth-order valence-corrected chi connectivity index (χ4v) is 1.37. The van der Waals surface area contributed by atoms with Crippen LogP contribution in [0.5, 0.6) is 0 Å². The molecular formula is C10H18N2O3. The van der Waals surface area contributed by atoms with Gasteiger partial charge in [0.2, 0.25) is 11.8 Å². The van der Waals surface area contributed by atoms with Crippen molar-refractivity contribution >= 4 is 11.8 Å². The highest BCUT2D eigenvalue weighted by molar-refractivity contribution is 5.92. The quantitative estimate of drug-likeness (QED) is 0.676. The van der Waals surface area contributed by atoms with E-state index in [1.807, 2.05) is 13.8 Å². The lowest BCUT2D eigenvalue weighted by Crippen LogP contribution is -2.54. The van der Waals surface area contributed by atoms with Crippen LogP contribution in [-0.4, -0.2) is 59.5 Å². The summed E-state index contributed by atoms with van der Waals surface area (Å²) >= 11 is 0. The molecule has 0 aromatic heterocycles. The molecule has 1 atom stereocenters. The highest BCUT2D eigenvalue weighted by Crippen LogP contribution is 2.08. The number of piperazine rings is 1. The highest BCUT2D eigenvalue weighted by atomic mass is 16.3. The average molecular weight is 214 g/mol. The third-order valence-corrected chi connectivity index (χ3v) is 2.65. The Hall–Kier alpha value is -1.10. The summed E-state index contributed by atoms with van der Waals surface area (Å²) in [6, 6.07) is 0. The Balaban J connectivity index is 2.55. The van der Waals surface area contributed by atoms with Gasteiger partial charge < -0.3 is 14.9 Å². The van der Waals surface area contributed by atoms with E-state index in [1.165, 1.54) is 9.80 Å². The second-order valence-electron chi connectivity index (χ2n) is 4.34. The molecule has 0 radical (unpaired) electrons. The van der Waals surface area contributed by atoms with Gasteiger partial charge in [0.15, 0.2) is 0 Å². The van der Waals surface area contributed by atoms with E-state index < -0.39 is 6.10 Å². The molecule has 1 rings (SSSR count). The predicted molar refractivity (Wildman–Crippen MR) is 55.1 cm³/mol. The zero-order chi connectivity index (χ0) is 11.6. The standard InChI is InChI=1S/C10H18N2O3/c1-7(2)8(13)4-12-6-9(14)11(3)5-10(12)15/h7-8,13H,4-6H2,1-3H3. The molecule has 1 unspecified atom stereocenters. The minimum absolute atomic E-state index is 0.0782. The molecular weight excluding hydrogens is 196 g/mol. The van der Waals surface area contributed by atoms with E-state index in [9.17, 15) is 14.7 Å². The number of carbonyl (C=O) groups is 2. The summed E-state index contributed by atoms with van der Waals surface area (Å²) in [5.74, 6) is -0.0880. The van der Waals surface area contributed by atoms with Gasteiger partial charge in [-0.3, -0.25) is 9.59 Å². The van der Waals surface area contributed by atoms with Gasteiger partial charge in [0.25, 0.3) is 0 Å². The van der Waals surface area contributed by atoms with Crippen molar-refractivity contribution in [3.63, 3.8) is 0 Å². The van der Waals surface area contributed by atoms with Gasteiger partial charge >= 0.3 is 0 Å². The number of carbonyl (C=O) groups excluding carboxylic acids is 2. The summed E-state index contributed by atoms with van der Waals surface area (Å²) in [6.07, 6.45) is -0.565. The number of amides is 2. The second kappa shape index (κ2) is 4.61. The molecule has 0 aromatic carbocycles. The van der Waals surface area contributed by atoms with Crippen LogP contribution in [0.4, 0.5) is 0 Å². The molecule has 2 amide bonds. The van der Waals surface area contributed by atoms with E-state index in [4.69, 9.17) is 0 Å². The largest absolute Gasteiger partial charge is 0.391 e. The van der Waals surface area contributed by atoms with Gasteiger partial charge in [-0.25, -0.2) is 0 Å². The minimum atomic E-state index is -0.565. The fraction of sp³-hybridized carbons (Fsp3) is 0.800. The molecule has 1 heterocycles. The number of aliphatic hydroxyl groups excluding tert-OH is 1. The van der Waals surface area contributed by atoms with Crippen LogP contribution in [0.2, 0.25) is 0 Å². The van der Waals surface area contributed by atoms with Crippen LogP contribution < -0.4 is 0 Å². The molecule has 0 spiro atoms. The number of nitrogens with zero attached hydrogens (tertiary/aromatic N) is 2. The Bertz CT molecular complexity index is 265. The van der Waals surface area contributed by atoms with Crippen molar-refractivity contribution in [1.29, 1.82) is 0 Å². The monoisotopic (exact) mass is 214 g/mol. The topological polar surface area (TPSA) is 60.9 Å². The summed E-state index contributed by atoms with van der Waals surface area (Å²) in [6.45, 7) is 4.21. The van der Waals surface area contributed by atoms with Crippen LogP contribution in [0.3, 0.4) is 0 Å². The number of aliphatic hydroxyl groups is 1. The minimum Gasteiger partial charge on any atom is -0.391 e. The maximum atomic E-state index is 11.5. The lowest BCUT2D eigenvalue weighted by Gasteiger charge is -2.33. The molecule has 0 saturated carbocycles. The molecule has 15 heavy (non-hydrogen) atoms. The second-order valence-corrected chi connectivity index (χ2v) is 4.34. The molecule has 5 nitrogen and oxygen atoms in total. The first kappa shape index (κ1) is 12.0. The lowest BCUT2D eigenvalue weighted by atomic mass is 10.1. The van der Waals surface area contributed by atoms with E-state index >= 15 is 0 Å². The van der Waals surface area contributed by atoms with E-state index in [2.05, 4.69) is 0 Å². The molecule has 1 N–H and O–H groups in total. The van der Waals surface area contributed by atoms with Crippen molar-refractivity contribution in [3.05, 3.63) is 0 Å². The first-order valence-electron chi connectivity index (χ1n) is 5.11. The van der Waals surface area contributed by atoms with Gasteiger partial charge in [-0.05, 0) is 5.92 Å². The molecule has 1 aliphatic heterocycles. The summed E-state index contributed by atoms with van der Waals surface area (Å²) in [4.78, 5) is 25.7. The number of β-amino-alcohol motifs (C(OH)–C–C–N with tert-alkyl or cyclic N) is 1. The van der Waals surface area contributed by atoms with Crippen molar-refractivity contribution in [2.45, 2.75) is 20.0 Å². The average Bonchev–Trinajstić information content (AvgIpc) is 2.13. The van der Waals surface area contributed by atoms with E-state index in [0.717, 1.165) is 0 Å². The Morgan fingerprint density at radius 2 is 1.87 bits per heavy atom. The molecule has 5 heteroatoms. The molecule has 0 aliphatic carbocycles. The normalized spacial score (nSPS) is 20.1. The van der Waals surface area contributed by atoms with Crippen molar-refractivity contribution in [2.75, 3.05) is 26.7 Å². The maximum Gasteiger partial charge on any atom is 0.242 e. The maximum absolute atomic E-state index is 11.5. The van der Waals surface area contributed by atoms with E-state index in [0.29, 0.717) is 0 Å². The fourth-order valence-electron chi connectivity index (χ4n) is 1.37. The molecule has 1 aliphatic rings. The van der Waals surface area contributed by atoms with Gasteiger partial charge in [0, 0.05) is 13.6 Å². The predicted octanol–water partition coefficient (Wildman–Crippen LogP) is -0.696. The molecule has 86 valence electrons. The van der Waals surface area contributed by atoms with Gasteiger partial charge in [0.05, 0.1) is 19.2 Å². The van der Waals surface area contributed by atoms with Crippen molar-refractivity contribution in [2.24, 2.45) is 5.92 Å². The van der Waals surface area contributed by atoms with Gasteiger partial charge in [-0.2, -0.15) is 0 Å². The van der Waals surface area contributed by atoms with Gasteiger partial charge in [-0.1, -0.05) is 13.8 Å². The van der Waals surface area contributed by atoms with Crippen LogP contribution in [0.1, 0.15) is 13.8 Å². The van der Waals surface area contributed by atoms with Crippen LogP contribution in [-0.2, 0) is 9.59 Å². The Labute approximate surface area is 89.7 Å². The molecule has 1 fully saturated rings. The van der Waals surface area contributed by atoms with Crippen molar-refractivity contribution in [1.82, 2.24) is 9.80 Å². The highest BCUT2D eigenvalue weighted by Gasteiger charge is 2.29. The first-order chi connectivity index (χ1) is 6.91. The number of hydrogen-bond donors (Lipinski definition) is 1. The SMILES string of the molecule is CC(C)C(O)CN1CC(=O)N(C)CC1=O. The van der Waals surface area contributed by atoms with Crippen LogP contribution >= 0.6 is 0 Å². The lowest BCUT2D eigenvalue weighted by molar-refractivity contribution is -0.150. The van der Waals surface area contributed by atoms with Crippen molar-refractivity contribution in [3.8, 4) is 0 Å².